The van der Waals surface area contributed by atoms with Crippen LogP contribution in [0.25, 0.3) is 22.7 Å². The van der Waals surface area contributed by atoms with Gasteiger partial charge in [0.2, 0.25) is 5.89 Å². The van der Waals surface area contributed by atoms with E-state index in [1.807, 2.05) is 0 Å². The van der Waals surface area contributed by atoms with Gasteiger partial charge in [-0.25, -0.2) is 19.2 Å². The maximum atomic E-state index is 13.7. The van der Waals surface area contributed by atoms with E-state index in [9.17, 15) is 9.18 Å². The highest BCUT2D eigenvalue weighted by Crippen LogP contribution is 2.32. The van der Waals surface area contributed by atoms with Crippen LogP contribution in [0.15, 0.2) is 53.1 Å². The van der Waals surface area contributed by atoms with Gasteiger partial charge in [-0.2, -0.15) is 4.98 Å². The molecule has 0 radical (unpaired) electrons. The fraction of sp³-hybridized carbons (Fsp3) is 0.100. The number of halogens is 2. The van der Waals surface area contributed by atoms with Gasteiger partial charge < -0.3 is 19.0 Å². The largest absolute Gasteiger partial charge is 0.479 e. The van der Waals surface area contributed by atoms with Crippen LogP contribution in [0, 0.1) is 5.82 Å². The molecule has 0 bridgehead atoms. The summed E-state index contributed by atoms with van der Waals surface area (Å²) in [6.45, 7) is 1.40. The van der Waals surface area contributed by atoms with Gasteiger partial charge in [-0.1, -0.05) is 23.7 Å². The molecule has 4 aromatic rings. The van der Waals surface area contributed by atoms with Gasteiger partial charge in [0.25, 0.3) is 5.71 Å². The normalized spacial score (nSPS) is 12.0. The third-order valence-corrected chi connectivity index (χ3v) is 4.29. The average Bonchev–Trinajstić information content (AvgIpc) is 3.14. The SMILES string of the molecule is CC(Oc1ccc(-c2nc3cnc(Oc4ccccc4F)nc3o2)cc1Cl)C(=O)O. The summed E-state index contributed by atoms with van der Waals surface area (Å²) in [5.41, 5.74) is 1.02. The zero-order valence-electron chi connectivity index (χ0n) is 15.4. The first-order chi connectivity index (χ1) is 14.4. The van der Waals surface area contributed by atoms with E-state index in [0.29, 0.717) is 11.1 Å². The molecule has 2 aromatic carbocycles. The van der Waals surface area contributed by atoms with Gasteiger partial charge in [-0.05, 0) is 37.3 Å². The summed E-state index contributed by atoms with van der Waals surface area (Å²) in [5, 5.41) is 9.13. The first-order valence-electron chi connectivity index (χ1n) is 8.66. The number of hydrogen-bond donors (Lipinski definition) is 1. The fourth-order valence-electron chi connectivity index (χ4n) is 2.49. The minimum Gasteiger partial charge on any atom is -0.479 e. The smallest absolute Gasteiger partial charge is 0.344 e. The Morgan fingerprint density at radius 1 is 1.20 bits per heavy atom. The number of carboxylic acid groups (broad SMARTS) is 1. The summed E-state index contributed by atoms with van der Waals surface area (Å²) in [4.78, 5) is 23.3. The molecule has 1 atom stereocenters. The second kappa shape index (κ2) is 7.96. The fourth-order valence-corrected chi connectivity index (χ4v) is 2.71. The Hall–Kier alpha value is -3.72. The quantitative estimate of drug-likeness (QED) is 0.469. The molecule has 8 nitrogen and oxygen atoms in total. The number of rotatable bonds is 6. The van der Waals surface area contributed by atoms with Crippen molar-refractivity contribution < 1.29 is 28.2 Å². The Balaban J connectivity index is 1.60. The van der Waals surface area contributed by atoms with Gasteiger partial charge in [0, 0.05) is 5.56 Å². The predicted octanol–water partition coefficient (Wildman–Crippen LogP) is 4.72. The van der Waals surface area contributed by atoms with Crippen molar-refractivity contribution in [3.63, 3.8) is 0 Å². The van der Waals surface area contributed by atoms with E-state index in [-0.39, 0.29) is 34.1 Å². The maximum absolute atomic E-state index is 13.7. The van der Waals surface area contributed by atoms with Crippen LogP contribution in [0.3, 0.4) is 0 Å². The molecular formula is C20H13ClFN3O5. The topological polar surface area (TPSA) is 108 Å². The summed E-state index contributed by atoms with van der Waals surface area (Å²) in [7, 11) is 0. The molecule has 10 heteroatoms. The number of ether oxygens (including phenoxy) is 2. The minimum atomic E-state index is -1.11. The summed E-state index contributed by atoms with van der Waals surface area (Å²) >= 11 is 6.19. The summed E-state index contributed by atoms with van der Waals surface area (Å²) in [6, 6.07) is 10.4. The van der Waals surface area contributed by atoms with Crippen LogP contribution in [-0.2, 0) is 4.79 Å². The van der Waals surface area contributed by atoms with Crippen molar-refractivity contribution in [3.8, 4) is 29.0 Å². The van der Waals surface area contributed by atoms with Gasteiger partial charge in [0.1, 0.15) is 11.3 Å². The van der Waals surface area contributed by atoms with Crippen molar-refractivity contribution in [3.05, 3.63) is 59.5 Å². The van der Waals surface area contributed by atoms with Crippen molar-refractivity contribution in [1.82, 2.24) is 15.0 Å². The molecule has 0 saturated carbocycles. The Morgan fingerprint density at radius 3 is 2.73 bits per heavy atom. The number of nitrogens with zero attached hydrogens (tertiary/aromatic N) is 3. The van der Waals surface area contributed by atoms with Crippen molar-refractivity contribution in [1.29, 1.82) is 0 Å². The molecule has 2 heterocycles. The minimum absolute atomic E-state index is 0.0189. The number of benzene rings is 2. The molecule has 0 aliphatic rings. The molecule has 0 spiro atoms. The van der Waals surface area contributed by atoms with Crippen molar-refractivity contribution in [2.75, 3.05) is 0 Å². The van der Waals surface area contributed by atoms with E-state index in [4.69, 9.17) is 30.6 Å². The van der Waals surface area contributed by atoms with Crippen molar-refractivity contribution in [2.24, 2.45) is 0 Å². The summed E-state index contributed by atoms with van der Waals surface area (Å²) in [5.74, 6) is -1.25. The highest BCUT2D eigenvalue weighted by Gasteiger charge is 2.17. The number of para-hydroxylation sites is 1. The van der Waals surface area contributed by atoms with E-state index in [1.54, 1.807) is 18.2 Å². The van der Waals surface area contributed by atoms with E-state index in [0.717, 1.165) is 0 Å². The van der Waals surface area contributed by atoms with Crippen LogP contribution in [0.4, 0.5) is 4.39 Å². The zero-order valence-corrected chi connectivity index (χ0v) is 16.1. The molecule has 30 heavy (non-hydrogen) atoms. The number of oxazole rings is 1. The first-order valence-corrected chi connectivity index (χ1v) is 9.04. The summed E-state index contributed by atoms with van der Waals surface area (Å²) in [6.07, 6.45) is 0.333. The molecule has 0 amide bonds. The maximum Gasteiger partial charge on any atom is 0.344 e. The highest BCUT2D eigenvalue weighted by atomic mass is 35.5. The number of fused-ring (bicyclic) bond motifs is 1. The zero-order chi connectivity index (χ0) is 21.3. The molecule has 152 valence electrons. The van der Waals surface area contributed by atoms with Gasteiger partial charge >= 0.3 is 12.0 Å². The van der Waals surface area contributed by atoms with Crippen LogP contribution in [0.2, 0.25) is 5.02 Å². The lowest BCUT2D eigenvalue weighted by Crippen LogP contribution is -2.22. The van der Waals surface area contributed by atoms with Gasteiger partial charge in [0.15, 0.2) is 17.7 Å². The molecule has 0 fully saturated rings. The first kappa shape index (κ1) is 19.6. The second-order valence-corrected chi connectivity index (χ2v) is 6.55. The van der Waals surface area contributed by atoms with E-state index < -0.39 is 17.9 Å². The van der Waals surface area contributed by atoms with Crippen LogP contribution in [0.5, 0.6) is 17.5 Å². The van der Waals surface area contributed by atoms with E-state index in [1.165, 1.54) is 37.4 Å². The number of carbonyl (C=O) groups is 1. The number of aromatic nitrogens is 3. The Morgan fingerprint density at radius 2 is 2.00 bits per heavy atom. The lowest BCUT2D eigenvalue weighted by Gasteiger charge is -2.12. The lowest BCUT2D eigenvalue weighted by atomic mass is 10.2. The van der Waals surface area contributed by atoms with Gasteiger partial charge in [-0.15, -0.1) is 0 Å². The van der Waals surface area contributed by atoms with Crippen LogP contribution >= 0.6 is 11.6 Å². The summed E-state index contributed by atoms with van der Waals surface area (Å²) < 4.78 is 30.0. The Kier molecular flexibility index (Phi) is 5.20. The molecular weight excluding hydrogens is 417 g/mol. The Bertz CT molecular complexity index is 1250. The molecule has 0 saturated heterocycles. The van der Waals surface area contributed by atoms with Crippen LogP contribution < -0.4 is 9.47 Å². The van der Waals surface area contributed by atoms with Crippen LogP contribution in [-0.4, -0.2) is 32.1 Å². The molecule has 1 unspecified atom stereocenters. The molecule has 0 aliphatic carbocycles. The standard InChI is InChI=1S/C20H13ClFN3O5/c1-10(19(26)27)28-15-7-6-11(8-12(15)21)17-24-14-9-23-20(25-18(14)30-17)29-16-5-3-2-4-13(16)22/h2-10H,1H3,(H,26,27). The van der Waals surface area contributed by atoms with Gasteiger partial charge in [0.05, 0.1) is 11.2 Å². The Labute approximate surface area is 173 Å². The van der Waals surface area contributed by atoms with Gasteiger partial charge in [-0.3, -0.25) is 0 Å². The monoisotopic (exact) mass is 429 g/mol. The number of hydrogen-bond acceptors (Lipinski definition) is 7. The van der Waals surface area contributed by atoms with E-state index in [2.05, 4.69) is 15.0 Å². The number of carboxylic acids is 1. The molecule has 1 N–H and O–H groups in total. The lowest BCUT2D eigenvalue weighted by molar-refractivity contribution is -0.144. The predicted molar refractivity (Wildman–Crippen MR) is 104 cm³/mol. The third kappa shape index (κ3) is 4.01. The van der Waals surface area contributed by atoms with E-state index >= 15 is 0 Å². The number of aliphatic carboxylic acids is 1. The average molecular weight is 430 g/mol. The highest BCUT2D eigenvalue weighted by molar-refractivity contribution is 6.32. The molecule has 2 aromatic heterocycles. The van der Waals surface area contributed by atoms with Crippen molar-refractivity contribution >= 4 is 28.8 Å². The van der Waals surface area contributed by atoms with Crippen LogP contribution in [0.1, 0.15) is 6.92 Å². The third-order valence-electron chi connectivity index (χ3n) is 4.00. The molecule has 4 rings (SSSR count). The second-order valence-electron chi connectivity index (χ2n) is 6.14. The molecule has 0 aliphatic heterocycles. The van der Waals surface area contributed by atoms with Crippen molar-refractivity contribution in [2.45, 2.75) is 13.0 Å².